The SMILES string of the molecule is CCCCCCCCCCCCCCCCCC(=O)O[C@H](COC(=O)CCCCCCCCCCCCCC(C)C)COP(=O)(O)OC[C@@H](O)COP(=O)(O)OC[C@@H](COC(=O)CCCCCCCCC(C)C)OC(=O)CCCCCCCCCCCCCC. The second-order valence-electron chi connectivity index (χ2n) is 26.6. The van der Waals surface area contributed by atoms with E-state index in [1.54, 1.807) is 0 Å². The van der Waals surface area contributed by atoms with Gasteiger partial charge in [-0.2, -0.15) is 0 Å². The zero-order valence-corrected chi connectivity index (χ0v) is 60.2. The molecule has 0 aromatic heterocycles. The number of ether oxygens (including phenoxy) is 4. The second-order valence-corrected chi connectivity index (χ2v) is 29.5. The van der Waals surface area contributed by atoms with Crippen molar-refractivity contribution in [3.8, 4) is 0 Å². The molecule has 3 N–H and O–H groups in total. The van der Waals surface area contributed by atoms with E-state index < -0.39 is 97.5 Å². The van der Waals surface area contributed by atoms with E-state index in [4.69, 9.17) is 37.0 Å². The molecule has 0 saturated heterocycles. The van der Waals surface area contributed by atoms with Gasteiger partial charge in [0.15, 0.2) is 12.2 Å². The molecule has 0 saturated carbocycles. The van der Waals surface area contributed by atoms with Crippen LogP contribution in [0.4, 0.5) is 0 Å². The van der Waals surface area contributed by atoms with E-state index in [1.165, 1.54) is 173 Å². The largest absolute Gasteiger partial charge is 0.472 e. The summed E-state index contributed by atoms with van der Waals surface area (Å²) in [7, 11) is -9.90. The van der Waals surface area contributed by atoms with E-state index in [1.807, 2.05) is 0 Å². The Morgan fingerprint density at radius 1 is 0.300 bits per heavy atom. The van der Waals surface area contributed by atoms with Crippen LogP contribution < -0.4 is 0 Å². The van der Waals surface area contributed by atoms with Crippen LogP contribution in [0.1, 0.15) is 363 Å². The fraction of sp³-hybridized carbons (Fsp3) is 0.944. The van der Waals surface area contributed by atoms with Crippen LogP contribution in [0.2, 0.25) is 0 Å². The maximum absolute atomic E-state index is 13.0. The standard InChI is InChI=1S/C71H138O17P2/c1-7-9-11-13-15-17-19-21-22-23-27-32-36-44-50-56-71(76)87-66(59-81-68(73)53-47-41-34-30-28-24-25-29-33-39-45-51-63(3)4)61-85-89(77,78)83-57-65(72)58-84-90(79,80)86-62-67(60-82-69(74)54-48-42-38-37-40-46-52-64(5)6)88-70(75)55-49-43-35-31-26-20-18-16-14-12-10-8-2/h63-67,72H,7-62H2,1-6H3,(H,77,78)(H,79,80)/t65-,66-,67-/m1/s1. The molecule has 0 fully saturated rings. The molecule has 0 aliphatic rings. The molecular formula is C71H138O17P2. The number of carbonyl (C=O) groups is 4. The predicted octanol–water partition coefficient (Wildman–Crippen LogP) is 20.4. The Balaban J connectivity index is 5.24. The topological polar surface area (TPSA) is 237 Å². The van der Waals surface area contributed by atoms with Gasteiger partial charge in [-0.3, -0.25) is 37.3 Å². The molecule has 0 spiro atoms. The maximum Gasteiger partial charge on any atom is 0.472 e. The Morgan fingerprint density at radius 2 is 0.511 bits per heavy atom. The summed E-state index contributed by atoms with van der Waals surface area (Å²) in [6.45, 7) is 9.48. The van der Waals surface area contributed by atoms with Gasteiger partial charge in [0.2, 0.25) is 0 Å². The Hall–Kier alpha value is -1.94. The zero-order valence-electron chi connectivity index (χ0n) is 58.4. The Morgan fingerprint density at radius 3 is 0.756 bits per heavy atom. The van der Waals surface area contributed by atoms with Gasteiger partial charge in [0.05, 0.1) is 26.4 Å². The van der Waals surface area contributed by atoms with Gasteiger partial charge in [0, 0.05) is 25.7 Å². The molecular weight excluding hydrogens is 1190 g/mol. The summed E-state index contributed by atoms with van der Waals surface area (Å²) >= 11 is 0. The van der Waals surface area contributed by atoms with Crippen molar-refractivity contribution in [3.05, 3.63) is 0 Å². The Bertz CT molecular complexity index is 1750. The summed E-state index contributed by atoms with van der Waals surface area (Å²) in [6.07, 6.45) is 48.6. The first-order valence-electron chi connectivity index (χ1n) is 37.0. The number of carbonyl (C=O) groups excluding carboxylic acids is 4. The van der Waals surface area contributed by atoms with E-state index in [2.05, 4.69) is 41.5 Å². The van der Waals surface area contributed by atoms with Crippen LogP contribution in [0.5, 0.6) is 0 Å². The molecule has 90 heavy (non-hydrogen) atoms. The fourth-order valence-electron chi connectivity index (χ4n) is 10.8. The monoisotopic (exact) mass is 1320 g/mol. The van der Waals surface area contributed by atoms with Crippen molar-refractivity contribution in [2.45, 2.75) is 381 Å². The molecule has 0 bridgehead atoms. The average molecular weight is 1330 g/mol. The fourth-order valence-corrected chi connectivity index (χ4v) is 12.3. The Labute approximate surface area is 549 Å². The quantitative estimate of drug-likeness (QED) is 0.0222. The summed E-state index contributed by atoms with van der Waals surface area (Å²) in [6, 6.07) is 0. The number of rotatable bonds is 70. The van der Waals surface area contributed by atoms with Crippen molar-refractivity contribution in [2.24, 2.45) is 11.8 Å². The predicted molar refractivity (Wildman–Crippen MR) is 363 cm³/mol. The average Bonchev–Trinajstić information content (AvgIpc) is 2.85. The highest BCUT2D eigenvalue weighted by Gasteiger charge is 2.30. The lowest BCUT2D eigenvalue weighted by Crippen LogP contribution is -2.30. The molecule has 0 rings (SSSR count). The van der Waals surface area contributed by atoms with Gasteiger partial charge < -0.3 is 33.8 Å². The van der Waals surface area contributed by atoms with E-state index >= 15 is 0 Å². The molecule has 2 unspecified atom stereocenters. The lowest BCUT2D eigenvalue weighted by Gasteiger charge is -2.21. The molecule has 0 aliphatic heterocycles. The summed E-state index contributed by atoms with van der Waals surface area (Å²) in [5.74, 6) is -0.672. The number of aliphatic hydroxyl groups excluding tert-OH is 1. The van der Waals surface area contributed by atoms with Crippen LogP contribution >= 0.6 is 15.6 Å². The first-order chi connectivity index (χ1) is 43.4. The van der Waals surface area contributed by atoms with Gasteiger partial charge in [-0.25, -0.2) is 9.13 Å². The third kappa shape index (κ3) is 64.8. The van der Waals surface area contributed by atoms with Gasteiger partial charge in [-0.05, 0) is 37.5 Å². The summed E-state index contributed by atoms with van der Waals surface area (Å²) in [5, 5.41) is 10.6. The van der Waals surface area contributed by atoms with Crippen LogP contribution in [-0.4, -0.2) is 96.7 Å². The number of hydrogen-bond acceptors (Lipinski definition) is 15. The molecule has 19 heteroatoms. The molecule has 5 atom stereocenters. The third-order valence-corrected chi connectivity index (χ3v) is 18.4. The minimum absolute atomic E-state index is 0.106. The van der Waals surface area contributed by atoms with Crippen molar-refractivity contribution in [1.29, 1.82) is 0 Å². The number of hydrogen-bond donors (Lipinski definition) is 3. The molecule has 0 radical (unpaired) electrons. The zero-order chi connectivity index (χ0) is 66.5. The van der Waals surface area contributed by atoms with Gasteiger partial charge in [-0.1, -0.05) is 311 Å². The minimum atomic E-state index is -4.95. The molecule has 0 aromatic rings. The van der Waals surface area contributed by atoms with E-state index in [9.17, 15) is 43.2 Å². The molecule has 0 aromatic carbocycles. The van der Waals surface area contributed by atoms with E-state index in [0.717, 1.165) is 102 Å². The first kappa shape index (κ1) is 88.1. The van der Waals surface area contributed by atoms with Gasteiger partial charge in [0.1, 0.15) is 19.3 Å². The summed E-state index contributed by atoms with van der Waals surface area (Å²) < 4.78 is 68.3. The number of aliphatic hydroxyl groups is 1. The minimum Gasteiger partial charge on any atom is -0.462 e. The third-order valence-electron chi connectivity index (χ3n) is 16.5. The summed E-state index contributed by atoms with van der Waals surface area (Å²) in [5.41, 5.74) is 0. The lowest BCUT2D eigenvalue weighted by molar-refractivity contribution is -0.161. The van der Waals surface area contributed by atoms with Crippen LogP contribution in [0.25, 0.3) is 0 Å². The van der Waals surface area contributed by atoms with Crippen LogP contribution in [0.15, 0.2) is 0 Å². The highest BCUT2D eigenvalue weighted by Crippen LogP contribution is 2.45. The smallest absolute Gasteiger partial charge is 0.462 e. The highest BCUT2D eigenvalue weighted by molar-refractivity contribution is 7.47. The second kappa shape index (κ2) is 63.1. The van der Waals surface area contributed by atoms with Gasteiger partial charge in [0.25, 0.3) is 0 Å². The van der Waals surface area contributed by atoms with E-state index in [0.29, 0.717) is 31.6 Å². The molecule has 0 amide bonds. The molecule has 0 heterocycles. The van der Waals surface area contributed by atoms with Crippen molar-refractivity contribution in [1.82, 2.24) is 0 Å². The number of phosphoric ester groups is 2. The van der Waals surface area contributed by atoms with Crippen molar-refractivity contribution < 1.29 is 80.2 Å². The van der Waals surface area contributed by atoms with Gasteiger partial charge in [-0.15, -0.1) is 0 Å². The number of esters is 4. The maximum atomic E-state index is 13.0. The van der Waals surface area contributed by atoms with E-state index in [-0.39, 0.29) is 25.7 Å². The van der Waals surface area contributed by atoms with Gasteiger partial charge >= 0.3 is 39.5 Å². The molecule has 534 valence electrons. The van der Waals surface area contributed by atoms with Crippen molar-refractivity contribution in [3.63, 3.8) is 0 Å². The highest BCUT2D eigenvalue weighted by atomic mass is 31.2. The van der Waals surface area contributed by atoms with Crippen LogP contribution in [0, 0.1) is 11.8 Å². The Kier molecular flexibility index (Phi) is 61.8. The van der Waals surface area contributed by atoms with Crippen LogP contribution in [0.3, 0.4) is 0 Å². The van der Waals surface area contributed by atoms with Crippen molar-refractivity contribution >= 4 is 39.5 Å². The normalized spacial score (nSPS) is 14.1. The lowest BCUT2D eigenvalue weighted by atomic mass is 10.0. The first-order valence-corrected chi connectivity index (χ1v) is 40.0. The molecule has 17 nitrogen and oxygen atoms in total. The van der Waals surface area contributed by atoms with Crippen molar-refractivity contribution in [2.75, 3.05) is 39.6 Å². The molecule has 0 aliphatic carbocycles. The van der Waals surface area contributed by atoms with Crippen LogP contribution in [-0.2, 0) is 65.4 Å². The number of unbranched alkanes of at least 4 members (excludes halogenated alkanes) is 40. The number of phosphoric acid groups is 2. The summed E-state index contributed by atoms with van der Waals surface area (Å²) in [4.78, 5) is 72.6.